The third-order valence-electron chi connectivity index (χ3n) is 2.95. The number of aromatic nitrogens is 1. The number of benzene rings is 1. The first-order valence-corrected chi connectivity index (χ1v) is 6.62. The molecule has 0 spiro atoms. The van der Waals surface area contributed by atoms with E-state index in [1.807, 2.05) is 31.2 Å². The fraction of sp³-hybridized carbons (Fsp3) is 0.200. The fourth-order valence-corrected chi connectivity index (χ4v) is 2.23. The van der Waals surface area contributed by atoms with Crippen molar-refractivity contribution in [2.45, 2.75) is 13.3 Å². The smallest absolute Gasteiger partial charge is 0.136 e. The molecule has 0 aliphatic carbocycles. The molecule has 0 unspecified atom stereocenters. The lowest BCUT2D eigenvalue weighted by Gasteiger charge is -2.12. The van der Waals surface area contributed by atoms with E-state index in [-0.39, 0.29) is 0 Å². The molecule has 0 saturated heterocycles. The third kappa shape index (κ3) is 3.51. The molecule has 3 nitrogen and oxygen atoms in total. The summed E-state index contributed by atoms with van der Waals surface area (Å²) in [5.41, 5.74) is 8.93. The zero-order valence-electron chi connectivity index (χ0n) is 10.9. The monoisotopic (exact) mass is 271 g/mol. The SMILES string of the molecule is Cc1ccnc(NCCc2ccccc2)c1C(N)=S. The first-order chi connectivity index (χ1) is 9.18. The molecule has 1 aromatic carbocycles. The normalized spacial score (nSPS) is 10.2. The minimum atomic E-state index is 0.382. The molecule has 1 aromatic heterocycles. The van der Waals surface area contributed by atoms with Crippen molar-refractivity contribution in [3.05, 3.63) is 59.3 Å². The topological polar surface area (TPSA) is 50.9 Å². The number of nitrogens with zero attached hydrogens (tertiary/aromatic N) is 1. The van der Waals surface area contributed by atoms with Crippen LogP contribution in [-0.2, 0) is 6.42 Å². The Morgan fingerprint density at radius 1 is 1.26 bits per heavy atom. The Labute approximate surface area is 118 Å². The van der Waals surface area contributed by atoms with Gasteiger partial charge in [-0.3, -0.25) is 0 Å². The highest BCUT2D eigenvalue weighted by Crippen LogP contribution is 2.16. The molecule has 0 radical (unpaired) electrons. The van der Waals surface area contributed by atoms with E-state index < -0.39 is 0 Å². The molecule has 98 valence electrons. The number of anilines is 1. The van der Waals surface area contributed by atoms with E-state index in [1.54, 1.807) is 6.20 Å². The molecule has 0 atom stereocenters. The third-order valence-corrected chi connectivity index (χ3v) is 3.16. The average molecular weight is 271 g/mol. The Bertz CT molecular complexity index is 567. The number of nitrogens with two attached hydrogens (primary N) is 1. The second-order valence-electron chi connectivity index (χ2n) is 4.38. The number of nitrogens with one attached hydrogen (secondary N) is 1. The van der Waals surface area contributed by atoms with Gasteiger partial charge in [0.25, 0.3) is 0 Å². The van der Waals surface area contributed by atoms with Crippen molar-refractivity contribution in [3.8, 4) is 0 Å². The van der Waals surface area contributed by atoms with E-state index in [2.05, 4.69) is 22.4 Å². The predicted molar refractivity (Wildman–Crippen MR) is 83.5 cm³/mol. The highest BCUT2D eigenvalue weighted by Gasteiger charge is 2.09. The first kappa shape index (κ1) is 13.5. The Balaban J connectivity index is 2.04. The molecule has 2 aromatic rings. The largest absolute Gasteiger partial charge is 0.389 e. The van der Waals surface area contributed by atoms with Crippen LogP contribution >= 0.6 is 12.2 Å². The molecule has 0 saturated carbocycles. The average Bonchev–Trinajstić information content (AvgIpc) is 2.39. The van der Waals surface area contributed by atoms with Crippen LogP contribution in [0, 0.1) is 6.92 Å². The van der Waals surface area contributed by atoms with Crippen LogP contribution in [0.1, 0.15) is 16.7 Å². The number of pyridine rings is 1. The summed E-state index contributed by atoms with van der Waals surface area (Å²) in [6.07, 6.45) is 2.70. The second-order valence-corrected chi connectivity index (χ2v) is 4.82. The molecule has 0 bridgehead atoms. The van der Waals surface area contributed by atoms with Crippen LogP contribution in [0.2, 0.25) is 0 Å². The highest BCUT2D eigenvalue weighted by molar-refractivity contribution is 7.80. The number of hydrogen-bond donors (Lipinski definition) is 2. The van der Waals surface area contributed by atoms with Gasteiger partial charge in [0.1, 0.15) is 10.8 Å². The maximum absolute atomic E-state index is 5.75. The molecule has 0 amide bonds. The first-order valence-electron chi connectivity index (χ1n) is 6.21. The van der Waals surface area contributed by atoms with Crippen LogP contribution in [0.25, 0.3) is 0 Å². The number of thiocarbonyl (C=S) groups is 1. The van der Waals surface area contributed by atoms with Crippen molar-refractivity contribution in [1.29, 1.82) is 0 Å². The zero-order chi connectivity index (χ0) is 13.7. The van der Waals surface area contributed by atoms with Crippen molar-refractivity contribution < 1.29 is 0 Å². The summed E-state index contributed by atoms with van der Waals surface area (Å²) in [5.74, 6) is 0.767. The molecule has 2 rings (SSSR count). The molecular formula is C15H17N3S. The van der Waals surface area contributed by atoms with E-state index in [0.717, 1.165) is 29.9 Å². The van der Waals surface area contributed by atoms with Gasteiger partial charge in [0.2, 0.25) is 0 Å². The maximum Gasteiger partial charge on any atom is 0.136 e. The van der Waals surface area contributed by atoms with Crippen LogP contribution in [0.5, 0.6) is 0 Å². The van der Waals surface area contributed by atoms with Gasteiger partial charge in [-0.1, -0.05) is 42.5 Å². The summed E-state index contributed by atoms with van der Waals surface area (Å²) < 4.78 is 0. The van der Waals surface area contributed by atoms with E-state index in [4.69, 9.17) is 18.0 Å². The number of aryl methyl sites for hydroxylation is 1. The summed E-state index contributed by atoms with van der Waals surface area (Å²) in [7, 11) is 0. The van der Waals surface area contributed by atoms with Gasteiger partial charge in [-0.05, 0) is 30.5 Å². The predicted octanol–water partition coefficient (Wildman–Crippen LogP) is 2.68. The van der Waals surface area contributed by atoms with E-state index in [1.165, 1.54) is 5.56 Å². The highest BCUT2D eigenvalue weighted by atomic mass is 32.1. The van der Waals surface area contributed by atoms with Crippen LogP contribution in [0.4, 0.5) is 5.82 Å². The molecule has 0 aliphatic rings. The van der Waals surface area contributed by atoms with Crippen molar-refractivity contribution in [3.63, 3.8) is 0 Å². The summed E-state index contributed by atoms with van der Waals surface area (Å²) in [5, 5.41) is 3.31. The van der Waals surface area contributed by atoms with Crippen molar-refractivity contribution >= 4 is 23.0 Å². The van der Waals surface area contributed by atoms with Crippen LogP contribution in [0.15, 0.2) is 42.6 Å². The van der Waals surface area contributed by atoms with Crippen LogP contribution in [0.3, 0.4) is 0 Å². The van der Waals surface area contributed by atoms with Crippen LogP contribution in [-0.4, -0.2) is 16.5 Å². The second kappa shape index (κ2) is 6.29. The molecule has 3 N–H and O–H groups in total. The molecule has 0 aliphatic heterocycles. The maximum atomic E-state index is 5.75. The summed E-state index contributed by atoms with van der Waals surface area (Å²) in [6, 6.07) is 12.2. The number of hydrogen-bond acceptors (Lipinski definition) is 3. The quantitative estimate of drug-likeness (QED) is 0.821. The molecule has 4 heteroatoms. The van der Waals surface area contributed by atoms with Crippen LogP contribution < -0.4 is 11.1 Å². The molecule has 0 fully saturated rings. The lowest BCUT2D eigenvalue weighted by atomic mass is 10.1. The van der Waals surface area contributed by atoms with Crippen molar-refractivity contribution in [2.24, 2.45) is 5.73 Å². The molecule has 1 heterocycles. The zero-order valence-corrected chi connectivity index (χ0v) is 11.7. The fourth-order valence-electron chi connectivity index (χ4n) is 1.97. The van der Waals surface area contributed by atoms with Gasteiger partial charge in [-0.2, -0.15) is 0 Å². The number of rotatable bonds is 5. The Morgan fingerprint density at radius 3 is 2.68 bits per heavy atom. The molecular weight excluding hydrogens is 254 g/mol. The standard InChI is InChI=1S/C15H17N3S/c1-11-7-9-17-15(13(11)14(16)19)18-10-8-12-5-3-2-4-6-12/h2-7,9H,8,10H2,1H3,(H2,16,19)(H,17,18). The minimum Gasteiger partial charge on any atom is -0.389 e. The van der Waals surface area contributed by atoms with Crippen molar-refractivity contribution in [1.82, 2.24) is 4.98 Å². The summed E-state index contributed by atoms with van der Waals surface area (Å²) in [6.45, 7) is 2.79. The van der Waals surface area contributed by atoms with Gasteiger partial charge in [0, 0.05) is 12.7 Å². The Morgan fingerprint density at radius 2 is 2.00 bits per heavy atom. The van der Waals surface area contributed by atoms with Gasteiger partial charge in [0.15, 0.2) is 0 Å². The summed E-state index contributed by atoms with van der Waals surface area (Å²) >= 11 is 5.08. The lowest BCUT2D eigenvalue weighted by Crippen LogP contribution is -2.17. The van der Waals surface area contributed by atoms with E-state index >= 15 is 0 Å². The van der Waals surface area contributed by atoms with E-state index in [9.17, 15) is 0 Å². The van der Waals surface area contributed by atoms with Crippen molar-refractivity contribution in [2.75, 3.05) is 11.9 Å². The Hall–Kier alpha value is -1.94. The van der Waals surface area contributed by atoms with Gasteiger partial charge in [0.05, 0.1) is 5.56 Å². The van der Waals surface area contributed by atoms with Gasteiger partial charge in [-0.15, -0.1) is 0 Å². The minimum absolute atomic E-state index is 0.382. The van der Waals surface area contributed by atoms with Gasteiger partial charge < -0.3 is 11.1 Å². The Kier molecular flexibility index (Phi) is 4.47. The van der Waals surface area contributed by atoms with Gasteiger partial charge >= 0.3 is 0 Å². The van der Waals surface area contributed by atoms with Gasteiger partial charge in [-0.25, -0.2) is 4.98 Å². The molecule has 19 heavy (non-hydrogen) atoms. The lowest BCUT2D eigenvalue weighted by molar-refractivity contribution is 1.00. The summed E-state index contributed by atoms with van der Waals surface area (Å²) in [4.78, 5) is 4.70. The van der Waals surface area contributed by atoms with E-state index in [0.29, 0.717) is 4.99 Å².